The number of ether oxygens (including phenoxy) is 1. The Bertz CT molecular complexity index is 747. The first-order chi connectivity index (χ1) is 10.8. The van der Waals surface area contributed by atoms with E-state index in [9.17, 15) is 5.11 Å². The van der Waals surface area contributed by atoms with E-state index in [1.54, 1.807) is 11.3 Å². The molecule has 0 unspecified atom stereocenters. The van der Waals surface area contributed by atoms with Gasteiger partial charge >= 0.3 is 0 Å². The van der Waals surface area contributed by atoms with Crippen molar-refractivity contribution in [2.45, 2.75) is 20.1 Å². The van der Waals surface area contributed by atoms with Gasteiger partial charge in [-0.15, -0.1) is 11.3 Å². The van der Waals surface area contributed by atoms with E-state index < -0.39 is 0 Å². The second-order valence-electron chi connectivity index (χ2n) is 5.17. The summed E-state index contributed by atoms with van der Waals surface area (Å²) in [6, 6.07) is 20.2. The standard InChI is InChI=1S/C19H18O2S/c1-14-7-10-19(22-14)17-11-16(12-20)8-9-18(17)21-13-15-5-3-2-4-6-15/h2-11,20H,12-13H2,1H3. The van der Waals surface area contributed by atoms with Crippen molar-refractivity contribution in [1.29, 1.82) is 0 Å². The SMILES string of the molecule is Cc1ccc(-c2cc(CO)ccc2OCc2ccccc2)s1. The Kier molecular flexibility index (Phi) is 4.56. The van der Waals surface area contributed by atoms with Gasteiger partial charge in [0.05, 0.1) is 6.61 Å². The fraction of sp³-hybridized carbons (Fsp3) is 0.158. The van der Waals surface area contributed by atoms with Gasteiger partial charge in [-0.3, -0.25) is 0 Å². The van der Waals surface area contributed by atoms with Gasteiger partial charge < -0.3 is 9.84 Å². The van der Waals surface area contributed by atoms with Crippen LogP contribution in [-0.4, -0.2) is 5.11 Å². The number of aliphatic hydroxyl groups excluding tert-OH is 1. The van der Waals surface area contributed by atoms with E-state index in [0.29, 0.717) is 6.61 Å². The first-order valence-corrected chi connectivity index (χ1v) is 8.05. The molecule has 0 aliphatic heterocycles. The Hall–Kier alpha value is -2.10. The van der Waals surface area contributed by atoms with Gasteiger partial charge in [0.15, 0.2) is 0 Å². The lowest BCUT2D eigenvalue weighted by Gasteiger charge is -2.12. The third-order valence-corrected chi connectivity index (χ3v) is 4.50. The summed E-state index contributed by atoms with van der Waals surface area (Å²) in [4.78, 5) is 2.43. The molecule has 3 rings (SSSR count). The maximum atomic E-state index is 9.38. The number of benzene rings is 2. The number of thiophene rings is 1. The van der Waals surface area contributed by atoms with Gasteiger partial charge in [-0.05, 0) is 42.3 Å². The highest BCUT2D eigenvalue weighted by Gasteiger charge is 2.10. The predicted molar refractivity (Wildman–Crippen MR) is 91.2 cm³/mol. The Labute approximate surface area is 134 Å². The topological polar surface area (TPSA) is 29.5 Å². The number of hydrogen-bond donors (Lipinski definition) is 1. The quantitative estimate of drug-likeness (QED) is 0.734. The van der Waals surface area contributed by atoms with Crippen LogP contribution in [0.3, 0.4) is 0 Å². The summed E-state index contributed by atoms with van der Waals surface area (Å²) in [7, 11) is 0. The first kappa shape index (κ1) is 14.8. The van der Waals surface area contributed by atoms with Crippen molar-refractivity contribution in [2.75, 3.05) is 0 Å². The minimum Gasteiger partial charge on any atom is -0.488 e. The molecule has 2 nitrogen and oxygen atoms in total. The second kappa shape index (κ2) is 6.77. The molecule has 0 atom stereocenters. The third kappa shape index (κ3) is 3.38. The molecule has 0 fully saturated rings. The summed E-state index contributed by atoms with van der Waals surface area (Å²) in [5.74, 6) is 0.850. The van der Waals surface area contributed by atoms with Gasteiger partial charge in [-0.2, -0.15) is 0 Å². The van der Waals surface area contributed by atoms with E-state index in [1.165, 1.54) is 4.88 Å². The summed E-state index contributed by atoms with van der Waals surface area (Å²) in [5.41, 5.74) is 3.08. The van der Waals surface area contributed by atoms with Gasteiger partial charge in [-0.1, -0.05) is 36.4 Å². The average molecular weight is 310 g/mol. The lowest BCUT2D eigenvalue weighted by molar-refractivity contribution is 0.281. The minimum atomic E-state index is 0.0380. The number of aryl methyl sites for hydroxylation is 1. The second-order valence-corrected chi connectivity index (χ2v) is 6.46. The normalized spacial score (nSPS) is 10.6. The van der Waals surface area contributed by atoms with Crippen molar-refractivity contribution in [1.82, 2.24) is 0 Å². The molecular weight excluding hydrogens is 292 g/mol. The molecular formula is C19H18O2S. The molecule has 0 amide bonds. The van der Waals surface area contributed by atoms with E-state index in [1.807, 2.05) is 36.4 Å². The van der Waals surface area contributed by atoms with Crippen molar-refractivity contribution >= 4 is 11.3 Å². The average Bonchev–Trinajstić information content (AvgIpc) is 3.00. The number of hydrogen-bond acceptors (Lipinski definition) is 3. The zero-order chi connectivity index (χ0) is 15.4. The molecule has 3 heteroatoms. The van der Waals surface area contributed by atoms with Crippen molar-refractivity contribution in [3.05, 3.63) is 76.7 Å². The Morgan fingerprint density at radius 3 is 2.45 bits per heavy atom. The van der Waals surface area contributed by atoms with Crippen LogP contribution in [-0.2, 0) is 13.2 Å². The molecule has 0 radical (unpaired) electrons. The highest BCUT2D eigenvalue weighted by Crippen LogP contribution is 2.36. The molecule has 0 saturated heterocycles. The molecule has 1 aromatic heterocycles. The van der Waals surface area contributed by atoms with E-state index in [0.717, 1.165) is 27.3 Å². The largest absolute Gasteiger partial charge is 0.488 e. The summed E-state index contributed by atoms with van der Waals surface area (Å²) in [6.45, 7) is 2.67. The molecule has 3 aromatic rings. The van der Waals surface area contributed by atoms with Gasteiger partial charge in [0.25, 0.3) is 0 Å². The Balaban J connectivity index is 1.89. The van der Waals surface area contributed by atoms with Crippen molar-refractivity contribution < 1.29 is 9.84 Å². The Morgan fingerprint density at radius 1 is 0.955 bits per heavy atom. The van der Waals surface area contributed by atoms with Crippen molar-refractivity contribution in [3.8, 4) is 16.2 Å². The Morgan fingerprint density at radius 2 is 1.77 bits per heavy atom. The van der Waals surface area contributed by atoms with Gasteiger partial charge in [-0.25, -0.2) is 0 Å². The smallest absolute Gasteiger partial charge is 0.128 e. The maximum Gasteiger partial charge on any atom is 0.128 e. The van der Waals surface area contributed by atoms with E-state index >= 15 is 0 Å². The van der Waals surface area contributed by atoms with Crippen LogP contribution in [0, 0.1) is 6.92 Å². The molecule has 0 bridgehead atoms. The molecule has 2 aromatic carbocycles. The van der Waals surface area contributed by atoms with Crippen LogP contribution in [0.25, 0.3) is 10.4 Å². The van der Waals surface area contributed by atoms with Gasteiger partial charge in [0, 0.05) is 15.3 Å². The molecule has 22 heavy (non-hydrogen) atoms. The lowest BCUT2D eigenvalue weighted by Crippen LogP contribution is -1.97. The van der Waals surface area contributed by atoms with Crippen LogP contribution < -0.4 is 4.74 Å². The van der Waals surface area contributed by atoms with Crippen LogP contribution in [0.1, 0.15) is 16.0 Å². The summed E-state index contributed by atoms with van der Waals surface area (Å²) >= 11 is 1.73. The van der Waals surface area contributed by atoms with Crippen LogP contribution in [0.2, 0.25) is 0 Å². The highest BCUT2D eigenvalue weighted by molar-refractivity contribution is 7.15. The monoisotopic (exact) mass is 310 g/mol. The summed E-state index contributed by atoms with van der Waals surface area (Å²) in [6.07, 6.45) is 0. The molecule has 0 aliphatic carbocycles. The zero-order valence-corrected chi connectivity index (χ0v) is 13.3. The third-order valence-electron chi connectivity index (χ3n) is 3.47. The molecule has 1 heterocycles. The number of aliphatic hydroxyl groups is 1. The van der Waals surface area contributed by atoms with E-state index in [-0.39, 0.29) is 6.61 Å². The fourth-order valence-electron chi connectivity index (χ4n) is 2.31. The van der Waals surface area contributed by atoms with Crippen LogP contribution in [0.4, 0.5) is 0 Å². The molecule has 0 aliphatic rings. The summed E-state index contributed by atoms with van der Waals surface area (Å²) in [5, 5.41) is 9.38. The zero-order valence-electron chi connectivity index (χ0n) is 12.5. The molecule has 0 spiro atoms. The van der Waals surface area contributed by atoms with Crippen LogP contribution in [0.5, 0.6) is 5.75 Å². The maximum absolute atomic E-state index is 9.38. The molecule has 0 saturated carbocycles. The minimum absolute atomic E-state index is 0.0380. The van der Waals surface area contributed by atoms with Crippen LogP contribution >= 0.6 is 11.3 Å². The van der Waals surface area contributed by atoms with Crippen molar-refractivity contribution in [2.24, 2.45) is 0 Å². The van der Waals surface area contributed by atoms with E-state index in [4.69, 9.17) is 4.74 Å². The van der Waals surface area contributed by atoms with Gasteiger partial charge in [0.2, 0.25) is 0 Å². The van der Waals surface area contributed by atoms with Crippen molar-refractivity contribution in [3.63, 3.8) is 0 Å². The highest BCUT2D eigenvalue weighted by atomic mass is 32.1. The first-order valence-electron chi connectivity index (χ1n) is 7.23. The lowest BCUT2D eigenvalue weighted by atomic mass is 10.1. The van der Waals surface area contributed by atoms with Crippen LogP contribution in [0.15, 0.2) is 60.7 Å². The van der Waals surface area contributed by atoms with E-state index in [2.05, 4.69) is 31.2 Å². The molecule has 1 N–H and O–H groups in total. The van der Waals surface area contributed by atoms with Gasteiger partial charge in [0.1, 0.15) is 12.4 Å². The fourth-order valence-corrected chi connectivity index (χ4v) is 3.20. The summed E-state index contributed by atoms with van der Waals surface area (Å²) < 4.78 is 6.01. The number of rotatable bonds is 5. The predicted octanol–water partition coefficient (Wildman–Crippen LogP) is 4.79. The molecule has 112 valence electrons.